The SMILES string of the molecule is CCCC1CCC(C(NC)c2ccc(F)c(C)c2)CC1. The molecule has 2 rings (SSSR count). The molecule has 0 amide bonds. The topological polar surface area (TPSA) is 12.0 Å². The molecule has 1 aromatic carbocycles. The van der Waals surface area contributed by atoms with E-state index in [4.69, 9.17) is 0 Å². The van der Waals surface area contributed by atoms with Gasteiger partial charge < -0.3 is 5.32 Å². The molecule has 1 N–H and O–H groups in total. The second-order valence-corrected chi connectivity index (χ2v) is 6.34. The summed E-state index contributed by atoms with van der Waals surface area (Å²) in [5, 5.41) is 3.46. The third kappa shape index (κ3) is 3.60. The van der Waals surface area contributed by atoms with Crippen molar-refractivity contribution in [3.05, 3.63) is 35.1 Å². The first kappa shape index (κ1) is 15.5. The summed E-state index contributed by atoms with van der Waals surface area (Å²) in [5.74, 6) is 1.52. The molecule has 112 valence electrons. The molecule has 0 aromatic heterocycles. The number of hydrogen-bond acceptors (Lipinski definition) is 1. The molecule has 2 heteroatoms. The molecule has 1 aliphatic carbocycles. The number of benzene rings is 1. The molecule has 1 unspecified atom stereocenters. The van der Waals surface area contributed by atoms with Crippen molar-refractivity contribution in [2.24, 2.45) is 11.8 Å². The van der Waals surface area contributed by atoms with Crippen molar-refractivity contribution in [1.82, 2.24) is 5.32 Å². The van der Waals surface area contributed by atoms with Crippen molar-refractivity contribution < 1.29 is 4.39 Å². The fourth-order valence-electron chi connectivity index (χ4n) is 3.75. The van der Waals surface area contributed by atoms with Crippen LogP contribution in [0.3, 0.4) is 0 Å². The van der Waals surface area contributed by atoms with E-state index in [0.29, 0.717) is 12.0 Å². The number of nitrogens with one attached hydrogen (secondary N) is 1. The largest absolute Gasteiger partial charge is 0.313 e. The fourth-order valence-corrected chi connectivity index (χ4v) is 3.75. The second-order valence-electron chi connectivity index (χ2n) is 6.34. The average Bonchev–Trinajstić information content (AvgIpc) is 2.46. The standard InChI is InChI=1S/C18H28FN/c1-4-5-14-6-8-15(9-7-14)18(20-3)16-10-11-17(19)13(2)12-16/h10-12,14-15,18,20H,4-9H2,1-3H3. The zero-order valence-corrected chi connectivity index (χ0v) is 13.1. The Bertz CT molecular complexity index is 421. The van der Waals surface area contributed by atoms with Gasteiger partial charge in [0.25, 0.3) is 0 Å². The Morgan fingerprint density at radius 2 is 1.95 bits per heavy atom. The molecule has 1 aliphatic rings. The van der Waals surface area contributed by atoms with Gasteiger partial charge in [0.15, 0.2) is 0 Å². The van der Waals surface area contributed by atoms with Crippen LogP contribution in [0, 0.1) is 24.6 Å². The van der Waals surface area contributed by atoms with E-state index < -0.39 is 0 Å². The number of rotatable bonds is 5. The van der Waals surface area contributed by atoms with Crippen LogP contribution in [0.5, 0.6) is 0 Å². The third-order valence-electron chi connectivity index (χ3n) is 4.91. The van der Waals surface area contributed by atoms with Crippen molar-refractivity contribution in [1.29, 1.82) is 0 Å². The van der Waals surface area contributed by atoms with E-state index in [-0.39, 0.29) is 5.82 Å². The van der Waals surface area contributed by atoms with Crippen LogP contribution in [0.15, 0.2) is 18.2 Å². The van der Waals surface area contributed by atoms with Crippen molar-refractivity contribution in [2.75, 3.05) is 7.05 Å². The van der Waals surface area contributed by atoms with Crippen LogP contribution in [0.1, 0.15) is 62.6 Å². The summed E-state index contributed by atoms with van der Waals surface area (Å²) in [7, 11) is 2.03. The molecule has 0 aliphatic heterocycles. The highest BCUT2D eigenvalue weighted by Crippen LogP contribution is 2.38. The van der Waals surface area contributed by atoms with Gasteiger partial charge in [-0.2, -0.15) is 0 Å². The van der Waals surface area contributed by atoms with Crippen LogP contribution >= 0.6 is 0 Å². The molecule has 1 fully saturated rings. The van der Waals surface area contributed by atoms with E-state index in [0.717, 1.165) is 11.5 Å². The number of hydrogen-bond donors (Lipinski definition) is 1. The minimum Gasteiger partial charge on any atom is -0.313 e. The molecular formula is C18H28FN. The first-order valence-electron chi connectivity index (χ1n) is 8.09. The van der Waals surface area contributed by atoms with Gasteiger partial charge in [0.2, 0.25) is 0 Å². The molecular weight excluding hydrogens is 249 g/mol. The monoisotopic (exact) mass is 277 g/mol. The molecule has 1 saturated carbocycles. The highest BCUT2D eigenvalue weighted by atomic mass is 19.1. The van der Waals surface area contributed by atoms with Crippen molar-refractivity contribution in [3.63, 3.8) is 0 Å². The van der Waals surface area contributed by atoms with Gasteiger partial charge in [-0.25, -0.2) is 4.39 Å². The van der Waals surface area contributed by atoms with Crippen LogP contribution in [-0.2, 0) is 0 Å². The van der Waals surface area contributed by atoms with Crippen molar-refractivity contribution >= 4 is 0 Å². The maximum atomic E-state index is 13.4. The Hall–Kier alpha value is -0.890. The van der Waals surface area contributed by atoms with Gasteiger partial charge >= 0.3 is 0 Å². The van der Waals surface area contributed by atoms with E-state index in [1.165, 1.54) is 44.1 Å². The van der Waals surface area contributed by atoms with E-state index in [1.54, 1.807) is 6.07 Å². The lowest BCUT2D eigenvalue weighted by Crippen LogP contribution is -2.28. The smallest absolute Gasteiger partial charge is 0.126 e. The number of halogens is 1. The summed E-state index contributed by atoms with van der Waals surface area (Å²) in [5.41, 5.74) is 1.99. The zero-order chi connectivity index (χ0) is 14.5. The lowest BCUT2D eigenvalue weighted by Gasteiger charge is -2.34. The van der Waals surface area contributed by atoms with Crippen LogP contribution in [0.2, 0.25) is 0 Å². The molecule has 0 bridgehead atoms. The molecule has 1 atom stereocenters. The Balaban J connectivity index is 2.03. The van der Waals surface area contributed by atoms with Gasteiger partial charge in [-0.3, -0.25) is 0 Å². The van der Waals surface area contributed by atoms with Crippen molar-refractivity contribution in [3.8, 4) is 0 Å². The predicted octanol–water partition coefficient (Wildman–Crippen LogP) is 5.00. The Kier molecular flexibility index (Phi) is 5.59. The quantitative estimate of drug-likeness (QED) is 0.798. The van der Waals surface area contributed by atoms with E-state index in [9.17, 15) is 4.39 Å². The van der Waals surface area contributed by atoms with E-state index >= 15 is 0 Å². The van der Waals surface area contributed by atoms with Gasteiger partial charge in [-0.05, 0) is 55.8 Å². The second kappa shape index (κ2) is 7.21. The lowest BCUT2D eigenvalue weighted by molar-refractivity contribution is 0.219. The summed E-state index contributed by atoms with van der Waals surface area (Å²) in [4.78, 5) is 0. The molecule has 0 radical (unpaired) electrons. The van der Waals surface area contributed by atoms with E-state index in [1.807, 2.05) is 26.1 Å². The van der Waals surface area contributed by atoms with Gasteiger partial charge in [-0.1, -0.05) is 44.7 Å². The molecule has 0 spiro atoms. The fraction of sp³-hybridized carbons (Fsp3) is 0.667. The van der Waals surface area contributed by atoms with Crippen LogP contribution < -0.4 is 5.32 Å². The molecule has 0 saturated heterocycles. The molecule has 1 aromatic rings. The summed E-state index contributed by atoms with van der Waals surface area (Å²) >= 11 is 0. The summed E-state index contributed by atoms with van der Waals surface area (Å²) in [6.07, 6.45) is 8.00. The minimum atomic E-state index is -0.102. The Labute approximate surface area is 123 Å². The van der Waals surface area contributed by atoms with Gasteiger partial charge in [0, 0.05) is 6.04 Å². The zero-order valence-electron chi connectivity index (χ0n) is 13.1. The summed E-state index contributed by atoms with van der Waals surface area (Å²) in [6.45, 7) is 4.13. The van der Waals surface area contributed by atoms with Gasteiger partial charge in [0.1, 0.15) is 5.82 Å². The highest BCUT2D eigenvalue weighted by Gasteiger charge is 2.27. The average molecular weight is 277 g/mol. The molecule has 20 heavy (non-hydrogen) atoms. The van der Waals surface area contributed by atoms with Gasteiger partial charge in [-0.15, -0.1) is 0 Å². The number of aryl methyl sites for hydroxylation is 1. The Morgan fingerprint density at radius 1 is 1.25 bits per heavy atom. The highest BCUT2D eigenvalue weighted by molar-refractivity contribution is 5.27. The van der Waals surface area contributed by atoms with Crippen LogP contribution in [-0.4, -0.2) is 7.05 Å². The first-order chi connectivity index (χ1) is 9.65. The maximum absolute atomic E-state index is 13.4. The first-order valence-corrected chi connectivity index (χ1v) is 8.09. The molecule has 0 heterocycles. The predicted molar refractivity (Wildman–Crippen MR) is 83.3 cm³/mol. The van der Waals surface area contributed by atoms with Crippen molar-refractivity contribution in [2.45, 2.75) is 58.4 Å². The normalized spacial score (nSPS) is 24.6. The summed E-state index contributed by atoms with van der Waals surface area (Å²) in [6, 6.07) is 5.94. The van der Waals surface area contributed by atoms with Crippen LogP contribution in [0.25, 0.3) is 0 Å². The van der Waals surface area contributed by atoms with Gasteiger partial charge in [0.05, 0.1) is 0 Å². The minimum absolute atomic E-state index is 0.102. The van der Waals surface area contributed by atoms with Crippen LogP contribution in [0.4, 0.5) is 4.39 Å². The molecule has 1 nitrogen and oxygen atoms in total. The Morgan fingerprint density at radius 3 is 2.50 bits per heavy atom. The third-order valence-corrected chi connectivity index (χ3v) is 4.91. The summed E-state index contributed by atoms with van der Waals surface area (Å²) < 4.78 is 13.4. The maximum Gasteiger partial charge on any atom is 0.126 e. The lowest BCUT2D eigenvalue weighted by atomic mass is 9.75. The van der Waals surface area contributed by atoms with E-state index in [2.05, 4.69) is 12.2 Å².